The maximum atomic E-state index is 12.0. The average Bonchev–Trinajstić information content (AvgIpc) is 3.33. The third-order valence-corrected chi connectivity index (χ3v) is 4.75. The van der Waals surface area contributed by atoms with Gasteiger partial charge in [0.05, 0.1) is 0 Å². The minimum absolute atomic E-state index is 0.0909. The lowest BCUT2D eigenvalue weighted by Gasteiger charge is -2.15. The Bertz CT molecular complexity index is 653. The van der Waals surface area contributed by atoms with E-state index in [2.05, 4.69) is 15.6 Å². The SMILES string of the molecule is O=C(NCC1(C2CC2)CC1)Nc1ccc2[nH]ccc2c1. The molecule has 2 amide bonds. The van der Waals surface area contributed by atoms with E-state index in [0.717, 1.165) is 29.1 Å². The van der Waals surface area contributed by atoms with Gasteiger partial charge in [0.15, 0.2) is 0 Å². The van der Waals surface area contributed by atoms with Gasteiger partial charge in [-0.25, -0.2) is 4.79 Å². The first-order chi connectivity index (χ1) is 9.75. The van der Waals surface area contributed by atoms with E-state index in [1.165, 1.54) is 25.7 Å². The van der Waals surface area contributed by atoms with E-state index in [9.17, 15) is 4.79 Å². The molecule has 0 saturated heterocycles. The number of carbonyl (C=O) groups excluding carboxylic acids is 1. The highest BCUT2D eigenvalue weighted by molar-refractivity contribution is 5.92. The molecule has 2 aliphatic carbocycles. The molecule has 4 rings (SSSR count). The van der Waals surface area contributed by atoms with Crippen molar-refractivity contribution in [2.75, 3.05) is 11.9 Å². The van der Waals surface area contributed by atoms with Gasteiger partial charge in [-0.1, -0.05) is 0 Å². The van der Waals surface area contributed by atoms with Crippen LogP contribution < -0.4 is 10.6 Å². The van der Waals surface area contributed by atoms with Crippen LogP contribution in [0.3, 0.4) is 0 Å². The van der Waals surface area contributed by atoms with Crippen molar-refractivity contribution in [3.63, 3.8) is 0 Å². The highest BCUT2D eigenvalue weighted by atomic mass is 16.2. The molecule has 4 heteroatoms. The summed E-state index contributed by atoms with van der Waals surface area (Å²) in [5, 5.41) is 7.07. The van der Waals surface area contributed by atoms with Crippen LogP contribution in [-0.4, -0.2) is 17.6 Å². The van der Waals surface area contributed by atoms with Crippen LogP contribution in [-0.2, 0) is 0 Å². The predicted octanol–water partition coefficient (Wildman–Crippen LogP) is 3.48. The van der Waals surface area contributed by atoms with Crippen molar-refractivity contribution in [3.8, 4) is 0 Å². The van der Waals surface area contributed by atoms with Crippen LogP contribution in [0.1, 0.15) is 25.7 Å². The average molecular weight is 269 g/mol. The zero-order chi connectivity index (χ0) is 13.6. The van der Waals surface area contributed by atoms with E-state index < -0.39 is 0 Å². The van der Waals surface area contributed by atoms with E-state index in [4.69, 9.17) is 0 Å². The summed E-state index contributed by atoms with van der Waals surface area (Å²) < 4.78 is 0. The Balaban J connectivity index is 1.37. The molecule has 1 heterocycles. The van der Waals surface area contributed by atoms with Gasteiger partial charge in [-0.05, 0) is 61.3 Å². The zero-order valence-corrected chi connectivity index (χ0v) is 11.4. The van der Waals surface area contributed by atoms with Gasteiger partial charge in [-0.15, -0.1) is 0 Å². The van der Waals surface area contributed by atoms with Crippen LogP contribution in [0.4, 0.5) is 10.5 Å². The first-order valence-electron chi connectivity index (χ1n) is 7.37. The number of benzene rings is 1. The van der Waals surface area contributed by atoms with Gasteiger partial charge < -0.3 is 15.6 Å². The highest BCUT2D eigenvalue weighted by Gasteiger charge is 2.53. The molecule has 4 nitrogen and oxygen atoms in total. The Morgan fingerprint density at radius 1 is 1.30 bits per heavy atom. The van der Waals surface area contributed by atoms with Crippen LogP contribution in [0.2, 0.25) is 0 Å². The molecule has 2 fully saturated rings. The smallest absolute Gasteiger partial charge is 0.319 e. The number of anilines is 1. The number of hydrogen-bond donors (Lipinski definition) is 3. The monoisotopic (exact) mass is 269 g/mol. The van der Waals surface area contributed by atoms with Gasteiger partial charge >= 0.3 is 6.03 Å². The Hall–Kier alpha value is -1.97. The fraction of sp³-hybridized carbons (Fsp3) is 0.438. The van der Waals surface area contributed by atoms with E-state index in [0.29, 0.717) is 5.41 Å². The number of fused-ring (bicyclic) bond motifs is 1. The number of nitrogens with one attached hydrogen (secondary N) is 3. The third kappa shape index (κ3) is 2.15. The van der Waals surface area contributed by atoms with Crippen molar-refractivity contribution in [3.05, 3.63) is 30.5 Å². The molecule has 0 bridgehead atoms. The molecule has 0 unspecified atom stereocenters. The highest BCUT2D eigenvalue weighted by Crippen LogP contribution is 2.60. The van der Waals surface area contributed by atoms with Gasteiger partial charge in [-0.3, -0.25) is 0 Å². The van der Waals surface area contributed by atoms with Crippen LogP contribution in [0.25, 0.3) is 10.9 Å². The van der Waals surface area contributed by atoms with Crippen LogP contribution in [0, 0.1) is 11.3 Å². The van der Waals surface area contributed by atoms with Crippen molar-refractivity contribution < 1.29 is 4.79 Å². The molecule has 0 spiro atoms. The quantitative estimate of drug-likeness (QED) is 0.782. The molecule has 2 saturated carbocycles. The number of urea groups is 1. The summed E-state index contributed by atoms with van der Waals surface area (Å²) in [6.45, 7) is 0.829. The lowest BCUT2D eigenvalue weighted by molar-refractivity contribution is 0.248. The van der Waals surface area contributed by atoms with Gasteiger partial charge in [0.25, 0.3) is 0 Å². The van der Waals surface area contributed by atoms with Crippen molar-refractivity contribution in [2.24, 2.45) is 11.3 Å². The summed E-state index contributed by atoms with van der Waals surface area (Å²) in [4.78, 5) is 15.1. The Kier molecular flexibility index (Phi) is 2.52. The van der Waals surface area contributed by atoms with Crippen molar-refractivity contribution in [1.82, 2.24) is 10.3 Å². The largest absolute Gasteiger partial charge is 0.361 e. The lowest BCUT2D eigenvalue weighted by Crippen LogP contribution is -2.34. The molecule has 2 aromatic rings. The number of rotatable bonds is 4. The summed E-state index contributed by atoms with van der Waals surface area (Å²) in [5.41, 5.74) is 2.37. The van der Waals surface area contributed by atoms with E-state index in [1.54, 1.807) is 0 Å². The van der Waals surface area contributed by atoms with E-state index in [-0.39, 0.29) is 6.03 Å². The topological polar surface area (TPSA) is 56.9 Å². The fourth-order valence-corrected chi connectivity index (χ4v) is 3.15. The normalized spacial score (nSPS) is 19.8. The lowest BCUT2D eigenvalue weighted by atomic mass is 10.0. The first kappa shape index (κ1) is 11.8. The second-order valence-corrected chi connectivity index (χ2v) is 6.22. The number of hydrogen-bond acceptors (Lipinski definition) is 1. The van der Waals surface area contributed by atoms with Gasteiger partial charge in [-0.2, -0.15) is 0 Å². The predicted molar refractivity (Wildman–Crippen MR) is 79.7 cm³/mol. The molecule has 0 radical (unpaired) electrons. The first-order valence-corrected chi connectivity index (χ1v) is 7.37. The number of carbonyl (C=O) groups is 1. The van der Waals surface area contributed by atoms with E-state index in [1.807, 2.05) is 30.5 Å². The molecular formula is C16H19N3O. The van der Waals surface area contributed by atoms with Crippen molar-refractivity contribution in [2.45, 2.75) is 25.7 Å². The molecule has 3 N–H and O–H groups in total. The second kappa shape index (κ2) is 4.27. The summed E-state index contributed by atoms with van der Waals surface area (Å²) in [7, 11) is 0. The van der Waals surface area contributed by atoms with Gasteiger partial charge in [0.1, 0.15) is 0 Å². The van der Waals surface area contributed by atoms with Crippen molar-refractivity contribution >= 4 is 22.6 Å². The van der Waals surface area contributed by atoms with Crippen LogP contribution in [0.15, 0.2) is 30.5 Å². The van der Waals surface area contributed by atoms with E-state index >= 15 is 0 Å². The number of H-pyrrole nitrogens is 1. The number of aromatic amines is 1. The van der Waals surface area contributed by atoms with Gasteiger partial charge in [0, 0.05) is 29.3 Å². The minimum atomic E-state index is -0.0909. The molecule has 0 atom stereocenters. The summed E-state index contributed by atoms with van der Waals surface area (Å²) in [5.74, 6) is 0.874. The molecule has 0 aliphatic heterocycles. The van der Waals surface area contributed by atoms with Gasteiger partial charge in [0.2, 0.25) is 0 Å². The maximum absolute atomic E-state index is 12.0. The Morgan fingerprint density at radius 3 is 2.90 bits per heavy atom. The number of amides is 2. The summed E-state index contributed by atoms with van der Waals surface area (Å²) >= 11 is 0. The Labute approximate surface area is 117 Å². The fourth-order valence-electron chi connectivity index (χ4n) is 3.15. The zero-order valence-electron chi connectivity index (χ0n) is 11.4. The molecular weight excluding hydrogens is 250 g/mol. The minimum Gasteiger partial charge on any atom is -0.361 e. The summed E-state index contributed by atoms with van der Waals surface area (Å²) in [6.07, 6.45) is 7.18. The third-order valence-electron chi connectivity index (χ3n) is 4.75. The molecule has 2 aliphatic rings. The molecule has 1 aromatic carbocycles. The van der Waals surface area contributed by atoms with Crippen LogP contribution >= 0.6 is 0 Å². The molecule has 20 heavy (non-hydrogen) atoms. The molecule has 104 valence electrons. The van der Waals surface area contributed by atoms with Crippen molar-refractivity contribution in [1.29, 1.82) is 0 Å². The summed E-state index contributed by atoms with van der Waals surface area (Å²) in [6, 6.07) is 7.81. The number of aromatic nitrogens is 1. The van der Waals surface area contributed by atoms with Crippen LogP contribution in [0.5, 0.6) is 0 Å². The standard InChI is InChI=1S/C16H19N3O/c20-15(18-10-16(6-7-16)12-1-2-12)19-13-3-4-14-11(9-13)5-8-17-14/h3-5,8-9,12,17H,1-2,6-7,10H2,(H2,18,19,20). The maximum Gasteiger partial charge on any atom is 0.319 e. The molecule has 1 aromatic heterocycles. The Morgan fingerprint density at radius 2 is 2.15 bits per heavy atom. The second-order valence-electron chi connectivity index (χ2n) is 6.22.